The topological polar surface area (TPSA) is 111 Å². The Bertz CT molecular complexity index is 186. The lowest BCUT2D eigenvalue weighted by Gasteiger charge is -1.92. The minimum absolute atomic E-state index is 0.00111. The quantitative estimate of drug-likeness (QED) is 0.324. The second kappa shape index (κ2) is 3.44. The number of hydrazone groups is 1. The summed E-state index contributed by atoms with van der Waals surface area (Å²) < 4.78 is 0. The van der Waals surface area contributed by atoms with Crippen LogP contribution in [0.5, 0.6) is 0 Å². The summed E-state index contributed by atoms with van der Waals surface area (Å²) in [5.41, 5.74) is 11.2. The molecule has 0 radical (unpaired) electrons. The molecule has 0 aromatic rings. The van der Waals surface area contributed by atoms with Crippen LogP contribution in [0.15, 0.2) is 5.10 Å². The highest BCUT2D eigenvalue weighted by molar-refractivity contribution is 6.37. The van der Waals surface area contributed by atoms with Crippen molar-refractivity contribution in [3.8, 4) is 0 Å². The van der Waals surface area contributed by atoms with E-state index in [2.05, 4.69) is 10.8 Å². The van der Waals surface area contributed by atoms with Crippen LogP contribution >= 0.6 is 0 Å². The molecule has 0 heterocycles. The van der Waals surface area contributed by atoms with Crippen LogP contribution in [0.25, 0.3) is 0 Å². The third kappa shape index (κ3) is 3.42. The van der Waals surface area contributed by atoms with Gasteiger partial charge in [-0.1, -0.05) is 0 Å². The summed E-state index contributed by atoms with van der Waals surface area (Å²) in [6.07, 6.45) is 0. The molecular formula is C4H8N4O2. The molecule has 56 valence electrons. The lowest BCUT2D eigenvalue weighted by molar-refractivity contribution is -0.112. The monoisotopic (exact) mass is 144 g/mol. The zero-order valence-corrected chi connectivity index (χ0v) is 5.42. The fourth-order valence-electron chi connectivity index (χ4n) is 0.194. The number of rotatable bonds is 2. The molecule has 0 bridgehead atoms. The number of carbonyl (C=O) groups is 2. The molecule has 0 aliphatic rings. The van der Waals surface area contributed by atoms with Gasteiger partial charge in [-0.3, -0.25) is 4.79 Å². The van der Waals surface area contributed by atoms with E-state index < -0.39 is 11.9 Å². The third-order valence-electron chi connectivity index (χ3n) is 0.690. The van der Waals surface area contributed by atoms with E-state index in [-0.39, 0.29) is 5.71 Å². The van der Waals surface area contributed by atoms with Gasteiger partial charge in [0, 0.05) is 0 Å². The molecule has 0 saturated heterocycles. The molecule has 0 fully saturated rings. The predicted molar refractivity (Wildman–Crippen MR) is 35.0 cm³/mol. The third-order valence-corrected chi connectivity index (χ3v) is 0.690. The van der Waals surface area contributed by atoms with Crippen LogP contribution in [0, 0.1) is 0 Å². The van der Waals surface area contributed by atoms with Gasteiger partial charge in [0.25, 0.3) is 5.91 Å². The summed E-state index contributed by atoms with van der Waals surface area (Å²) in [5, 5.41) is 3.24. The van der Waals surface area contributed by atoms with E-state index in [9.17, 15) is 9.59 Å². The first-order chi connectivity index (χ1) is 4.54. The number of nitrogens with one attached hydrogen (secondary N) is 1. The zero-order chi connectivity index (χ0) is 8.15. The lowest BCUT2D eigenvalue weighted by atomic mass is 10.4. The van der Waals surface area contributed by atoms with Crippen molar-refractivity contribution in [2.75, 3.05) is 0 Å². The van der Waals surface area contributed by atoms with Crippen LogP contribution in [0.2, 0.25) is 0 Å². The van der Waals surface area contributed by atoms with Crippen molar-refractivity contribution in [1.29, 1.82) is 0 Å². The van der Waals surface area contributed by atoms with Crippen molar-refractivity contribution < 1.29 is 9.59 Å². The molecule has 0 unspecified atom stereocenters. The Balaban J connectivity index is 3.92. The maximum atomic E-state index is 10.2. The fraction of sp³-hybridized carbons (Fsp3) is 0.250. The Kier molecular flexibility index (Phi) is 2.89. The van der Waals surface area contributed by atoms with E-state index in [1.165, 1.54) is 6.92 Å². The minimum Gasteiger partial charge on any atom is -0.365 e. The SMILES string of the molecule is CC(=NNC(N)=O)C(N)=O. The maximum Gasteiger partial charge on any atom is 0.332 e. The molecule has 3 amide bonds. The first-order valence-electron chi connectivity index (χ1n) is 2.43. The molecule has 0 spiro atoms. The molecule has 0 rings (SSSR count). The van der Waals surface area contributed by atoms with Crippen molar-refractivity contribution in [2.24, 2.45) is 16.6 Å². The minimum atomic E-state index is -0.833. The molecule has 6 nitrogen and oxygen atoms in total. The number of urea groups is 1. The Morgan fingerprint density at radius 1 is 1.40 bits per heavy atom. The lowest BCUT2D eigenvalue weighted by Crippen LogP contribution is -2.29. The molecule has 0 aromatic carbocycles. The highest BCUT2D eigenvalue weighted by atomic mass is 16.2. The summed E-state index contributed by atoms with van der Waals surface area (Å²) in [4.78, 5) is 20.2. The van der Waals surface area contributed by atoms with Crippen molar-refractivity contribution in [1.82, 2.24) is 5.43 Å². The van der Waals surface area contributed by atoms with E-state index >= 15 is 0 Å². The average Bonchev–Trinajstić information content (AvgIpc) is 1.82. The number of primary amides is 2. The number of carbonyl (C=O) groups excluding carboxylic acids is 2. The van der Waals surface area contributed by atoms with Crippen molar-refractivity contribution in [3.63, 3.8) is 0 Å². The first kappa shape index (κ1) is 8.41. The van der Waals surface area contributed by atoms with E-state index in [1.807, 2.05) is 5.43 Å². The van der Waals surface area contributed by atoms with Gasteiger partial charge >= 0.3 is 6.03 Å². The van der Waals surface area contributed by atoms with Gasteiger partial charge < -0.3 is 11.5 Å². The van der Waals surface area contributed by atoms with Crippen molar-refractivity contribution in [2.45, 2.75) is 6.92 Å². The Morgan fingerprint density at radius 3 is 2.20 bits per heavy atom. The van der Waals surface area contributed by atoms with Gasteiger partial charge in [0.05, 0.1) is 0 Å². The predicted octanol–water partition coefficient (Wildman–Crippen LogP) is -1.48. The van der Waals surface area contributed by atoms with E-state index in [4.69, 9.17) is 5.73 Å². The van der Waals surface area contributed by atoms with E-state index in [1.54, 1.807) is 0 Å². The summed E-state index contributed by atoms with van der Waals surface area (Å²) in [6, 6.07) is -0.833. The number of hydrogen-bond donors (Lipinski definition) is 3. The summed E-state index contributed by atoms with van der Waals surface area (Å²) in [5.74, 6) is -0.700. The van der Waals surface area contributed by atoms with Crippen molar-refractivity contribution in [3.05, 3.63) is 0 Å². The smallest absolute Gasteiger partial charge is 0.332 e. The van der Waals surface area contributed by atoms with Gasteiger partial charge in [-0.05, 0) is 6.92 Å². The average molecular weight is 144 g/mol. The number of nitrogens with zero attached hydrogens (tertiary/aromatic N) is 1. The molecule has 6 heteroatoms. The Labute approximate surface area is 57.3 Å². The molecule has 0 saturated carbocycles. The molecule has 10 heavy (non-hydrogen) atoms. The molecule has 0 aliphatic heterocycles. The number of amides is 3. The fourth-order valence-corrected chi connectivity index (χ4v) is 0.194. The molecule has 0 atom stereocenters. The molecular weight excluding hydrogens is 136 g/mol. The normalized spacial score (nSPS) is 10.7. The maximum absolute atomic E-state index is 10.2. The van der Waals surface area contributed by atoms with Crippen LogP contribution in [-0.2, 0) is 4.79 Å². The van der Waals surface area contributed by atoms with Gasteiger partial charge in [0.15, 0.2) is 0 Å². The number of hydrogen-bond acceptors (Lipinski definition) is 3. The van der Waals surface area contributed by atoms with Crippen LogP contribution < -0.4 is 16.9 Å². The zero-order valence-electron chi connectivity index (χ0n) is 5.42. The van der Waals surface area contributed by atoms with Crippen LogP contribution in [0.3, 0.4) is 0 Å². The first-order valence-corrected chi connectivity index (χ1v) is 2.43. The van der Waals surface area contributed by atoms with Crippen LogP contribution in [0.1, 0.15) is 6.92 Å². The van der Waals surface area contributed by atoms with Gasteiger partial charge in [-0.2, -0.15) is 5.10 Å². The van der Waals surface area contributed by atoms with Gasteiger partial charge in [0.2, 0.25) is 0 Å². The second-order valence-corrected chi connectivity index (χ2v) is 1.54. The largest absolute Gasteiger partial charge is 0.365 e. The van der Waals surface area contributed by atoms with Gasteiger partial charge in [-0.15, -0.1) is 0 Å². The second-order valence-electron chi connectivity index (χ2n) is 1.54. The molecule has 5 N–H and O–H groups in total. The van der Waals surface area contributed by atoms with Crippen molar-refractivity contribution >= 4 is 17.6 Å². The highest BCUT2D eigenvalue weighted by Gasteiger charge is 1.97. The summed E-state index contributed by atoms with van der Waals surface area (Å²) in [6.45, 7) is 1.36. The summed E-state index contributed by atoms with van der Waals surface area (Å²) in [7, 11) is 0. The van der Waals surface area contributed by atoms with Gasteiger partial charge in [-0.25, -0.2) is 10.2 Å². The van der Waals surface area contributed by atoms with Crippen LogP contribution in [0.4, 0.5) is 4.79 Å². The molecule has 0 aromatic heterocycles. The number of nitrogens with two attached hydrogens (primary N) is 2. The Morgan fingerprint density at radius 2 is 1.90 bits per heavy atom. The summed E-state index contributed by atoms with van der Waals surface area (Å²) >= 11 is 0. The highest BCUT2D eigenvalue weighted by Crippen LogP contribution is 1.70. The Hall–Kier alpha value is -1.59. The molecule has 0 aliphatic carbocycles. The standard InChI is InChI=1S/C4H8N4O2/c1-2(3(5)9)7-8-4(6)10/h1H3,(H2,5,9)(H3,6,8,10). The van der Waals surface area contributed by atoms with E-state index in [0.717, 1.165) is 0 Å². The van der Waals surface area contributed by atoms with Crippen LogP contribution in [-0.4, -0.2) is 17.6 Å². The van der Waals surface area contributed by atoms with E-state index in [0.29, 0.717) is 0 Å². The van der Waals surface area contributed by atoms with Gasteiger partial charge in [0.1, 0.15) is 5.71 Å².